The van der Waals surface area contributed by atoms with Gasteiger partial charge in [-0.1, -0.05) is 23.7 Å². The Kier molecular flexibility index (Phi) is 7.58. The molecule has 0 radical (unpaired) electrons. The molecular formula is C23H28ClNO5. The highest BCUT2D eigenvalue weighted by atomic mass is 35.5. The van der Waals surface area contributed by atoms with Crippen molar-refractivity contribution in [1.29, 1.82) is 0 Å². The number of benzene rings is 2. The summed E-state index contributed by atoms with van der Waals surface area (Å²) in [5.74, 6) is 1.23. The molecule has 1 N–H and O–H groups in total. The first kappa shape index (κ1) is 22.4. The van der Waals surface area contributed by atoms with Gasteiger partial charge in [0.05, 0.1) is 24.2 Å². The van der Waals surface area contributed by atoms with Crippen LogP contribution in [-0.4, -0.2) is 46.1 Å². The van der Waals surface area contributed by atoms with Crippen molar-refractivity contribution in [3.05, 3.63) is 53.1 Å². The van der Waals surface area contributed by atoms with E-state index in [0.717, 1.165) is 11.3 Å². The standard InChI is InChI=1S/C23H28ClNO5/c1-16(15-27-2)30-21-9-6-18(14-20(21)24)25-22(26)23(10-12-29-13-11-23)17-4-7-19(28-3)8-5-17/h4-9,14,16H,10-13,15H2,1-3H3,(H,25,26)/t16-/m0/s1. The zero-order chi connectivity index (χ0) is 21.6. The molecule has 1 aliphatic rings. The van der Waals surface area contributed by atoms with Crippen LogP contribution in [0.5, 0.6) is 11.5 Å². The van der Waals surface area contributed by atoms with Crippen LogP contribution in [0.2, 0.25) is 5.02 Å². The normalized spacial score (nSPS) is 16.5. The Bertz CT molecular complexity index is 849. The van der Waals surface area contributed by atoms with Gasteiger partial charge in [0.15, 0.2) is 0 Å². The van der Waals surface area contributed by atoms with Crippen molar-refractivity contribution in [3.8, 4) is 11.5 Å². The third kappa shape index (κ3) is 5.06. The van der Waals surface area contributed by atoms with Gasteiger partial charge in [-0.2, -0.15) is 0 Å². The molecule has 1 aliphatic heterocycles. The quantitative estimate of drug-likeness (QED) is 0.666. The highest BCUT2D eigenvalue weighted by Gasteiger charge is 2.41. The molecule has 6 nitrogen and oxygen atoms in total. The zero-order valence-corrected chi connectivity index (χ0v) is 18.3. The van der Waals surface area contributed by atoms with Crippen molar-refractivity contribution < 1.29 is 23.7 Å². The van der Waals surface area contributed by atoms with Crippen LogP contribution in [0.3, 0.4) is 0 Å². The molecule has 0 bridgehead atoms. The number of carbonyl (C=O) groups is 1. The summed E-state index contributed by atoms with van der Waals surface area (Å²) in [4.78, 5) is 13.4. The van der Waals surface area contributed by atoms with Crippen LogP contribution < -0.4 is 14.8 Å². The first-order chi connectivity index (χ1) is 14.5. The van der Waals surface area contributed by atoms with E-state index >= 15 is 0 Å². The van der Waals surface area contributed by atoms with Gasteiger partial charge in [-0.25, -0.2) is 0 Å². The fourth-order valence-corrected chi connectivity index (χ4v) is 3.91. The number of anilines is 1. The second-order valence-corrected chi connectivity index (χ2v) is 7.81. The lowest BCUT2D eigenvalue weighted by Crippen LogP contribution is -2.44. The molecule has 7 heteroatoms. The summed E-state index contributed by atoms with van der Waals surface area (Å²) in [5, 5.41) is 3.47. The van der Waals surface area contributed by atoms with Gasteiger partial charge in [0, 0.05) is 26.0 Å². The number of halogens is 1. The summed E-state index contributed by atoms with van der Waals surface area (Å²) < 4.78 is 21.6. The molecule has 2 aromatic carbocycles. The van der Waals surface area contributed by atoms with Crippen LogP contribution in [0.4, 0.5) is 5.69 Å². The summed E-state index contributed by atoms with van der Waals surface area (Å²) in [7, 11) is 3.24. The van der Waals surface area contributed by atoms with Crippen LogP contribution in [-0.2, 0) is 19.7 Å². The van der Waals surface area contributed by atoms with E-state index in [1.165, 1.54) is 0 Å². The Morgan fingerprint density at radius 1 is 1.17 bits per heavy atom. The lowest BCUT2D eigenvalue weighted by molar-refractivity contribution is -0.125. The minimum absolute atomic E-state index is 0.0755. The SMILES string of the molecule is COC[C@H](C)Oc1ccc(NC(=O)C2(c3ccc(OC)cc3)CCOCC2)cc1Cl. The predicted octanol–water partition coefficient (Wildman–Crippen LogP) is 4.45. The average Bonchev–Trinajstić information content (AvgIpc) is 2.76. The first-order valence-electron chi connectivity index (χ1n) is 9.97. The number of nitrogens with one attached hydrogen (secondary N) is 1. The molecule has 0 saturated carbocycles. The molecule has 3 rings (SSSR count). The predicted molar refractivity (Wildman–Crippen MR) is 117 cm³/mol. The van der Waals surface area contributed by atoms with Gasteiger partial charge in [0.2, 0.25) is 5.91 Å². The smallest absolute Gasteiger partial charge is 0.235 e. The number of rotatable bonds is 8. The zero-order valence-electron chi connectivity index (χ0n) is 17.6. The molecule has 0 aromatic heterocycles. The fourth-order valence-electron chi connectivity index (χ4n) is 3.69. The Morgan fingerprint density at radius 3 is 2.47 bits per heavy atom. The molecule has 1 atom stereocenters. The molecular weight excluding hydrogens is 406 g/mol. The molecule has 0 unspecified atom stereocenters. The number of ether oxygens (including phenoxy) is 4. The van der Waals surface area contributed by atoms with E-state index in [0.29, 0.717) is 49.1 Å². The monoisotopic (exact) mass is 433 g/mol. The van der Waals surface area contributed by atoms with Crippen molar-refractivity contribution in [2.24, 2.45) is 0 Å². The maximum Gasteiger partial charge on any atom is 0.235 e. The fraction of sp³-hybridized carbons (Fsp3) is 0.435. The summed E-state index contributed by atoms with van der Waals surface area (Å²) in [6.45, 7) is 3.43. The third-order valence-corrected chi connectivity index (χ3v) is 5.64. The van der Waals surface area contributed by atoms with Gasteiger partial charge in [-0.15, -0.1) is 0 Å². The van der Waals surface area contributed by atoms with E-state index in [1.807, 2.05) is 31.2 Å². The van der Waals surface area contributed by atoms with Gasteiger partial charge in [-0.05, 0) is 55.7 Å². The molecule has 0 spiro atoms. The minimum Gasteiger partial charge on any atom is -0.497 e. The van der Waals surface area contributed by atoms with Crippen LogP contribution in [0.1, 0.15) is 25.3 Å². The second kappa shape index (κ2) is 10.2. The van der Waals surface area contributed by atoms with E-state index in [-0.39, 0.29) is 12.0 Å². The molecule has 1 heterocycles. The van der Waals surface area contributed by atoms with Gasteiger partial charge in [0.25, 0.3) is 0 Å². The van der Waals surface area contributed by atoms with Crippen LogP contribution in [0.15, 0.2) is 42.5 Å². The van der Waals surface area contributed by atoms with E-state index in [1.54, 1.807) is 32.4 Å². The highest BCUT2D eigenvalue weighted by Crippen LogP contribution is 2.37. The lowest BCUT2D eigenvalue weighted by Gasteiger charge is -2.36. The van der Waals surface area contributed by atoms with Crippen LogP contribution in [0.25, 0.3) is 0 Å². The van der Waals surface area contributed by atoms with Gasteiger partial charge in [0.1, 0.15) is 17.6 Å². The minimum atomic E-state index is -0.668. The molecule has 1 fully saturated rings. The van der Waals surface area contributed by atoms with Gasteiger partial charge >= 0.3 is 0 Å². The third-order valence-electron chi connectivity index (χ3n) is 5.34. The molecule has 2 aromatic rings. The molecule has 0 aliphatic carbocycles. The van der Waals surface area contributed by atoms with Crippen molar-refractivity contribution in [1.82, 2.24) is 0 Å². The number of hydrogen-bond acceptors (Lipinski definition) is 5. The van der Waals surface area contributed by atoms with Gasteiger partial charge in [-0.3, -0.25) is 4.79 Å². The average molecular weight is 434 g/mol. The van der Waals surface area contributed by atoms with Gasteiger partial charge < -0.3 is 24.3 Å². The number of amides is 1. The number of carbonyl (C=O) groups excluding carboxylic acids is 1. The van der Waals surface area contributed by atoms with E-state index in [2.05, 4.69) is 5.32 Å². The molecule has 1 saturated heterocycles. The molecule has 1 amide bonds. The molecule has 30 heavy (non-hydrogen) atoms. The second-order valence-electron chi connectivity index (χ2n) is 7.41. The number of hydrogen-bond donors (Lipinski definition) is 1. The Balaban J connectivity index is 1.79. The summed E-state index contributed by atoms with van der Waals surface area (Å²) >= 11 is 6.38. The highest BCUT2D eigenvalue weighted by molar-refractivity contribution is 6.32. The maximum atomic E-state index is 13.4. The summed E-state index contributed by atoms with van der Waals surface area (Å²) in [6, 6.07) is 12.9. The Morgan fingerprint density at radius 2 is 1.87 bits per heavy atom. The van der Waals surface area contributed by atoms with E-state index in [9.17, 15) is 4.79 Å². The van der Waals surface area contributed by atoms with E-state index in [4.69, 9.17) is 30.5 Å². The van der Waals surface area contributed by atoms with Crippen molar-refractivity contribution in [2.75, 3.05) is 39.4 Å². The van der Waals surface area contributed by atoms with E-state index < -0.39 is 5.41 Å². The summed E-state index contributed by atoms with van der Waals surface area (Å²) in [6.07, 6.45) is 1.08. The lowest BCUT2D eigenvalue weighted by atomic mass is 9.73. The van der Waals surface area contributed by atoms with Crippen molar-refractivity contribution in [3.63, 3.8) is 0 Å². The Labute approximate surface area is 182 Å². The topological polar surface area (TPSA) is 66.0 Å². The summed E-state index contributed by atoms with van der Waals surface area (Å²) in [5.41, 5.74) is 0.902. The largest absolute Gasteiger partial charge is 0.497 e. The van der Waals surface area contributed by atoms with Crippen LogP contribution in [0, 0.1) is 0 Å². The molecule has 162 valence electrons. The Hall–Kier alpha value is -2.28. The van der Waals surface area contributed by atoms with Crippen molar-refractivity contribution in [2.45, 2.75) is 31.3 Å². The van der Waals surface area contributed by atoms with Crippen LogP contribution >= 0.6 is 11.6 Å². The number of methoxy groups -OCH3 is 2. The maximum absolute atomic E-state index is 13.4. The van der Waals surface area contributed by atoms with Crippen molar-refractivity contribution >= 4 is 23.2 Å². The first-order valence-corrected chi connectivity index (χ1v) is 10.3.